The molecule has 2 fully saturated rings. The fourth-order valence-corrected chi connectivity index (χ4v) is 2.85. The van der Waals surface area contributed by atoms with E-state index >= 15 is 0 Å². The normalized spacial score (nSPS) is 39.5. The van der Waals surface area contributed by atoms with Gasteiger partial charge in [-0.05, 0) is 38.1 Å². The number of piperidine rings is 1. The second-order valence-electron chi connectivity index (χ2n) is 4.24. The van der Waals surface area contributed by atoms with Gasteiger partial charge in [0.25, 0.3) is 0 Å². The summed E-state index contributed by atoms with van der Waals surface area (Å²) in [6.07, 6.45) is 5.39. The lowest BCUT2D eigenvalue weighted by Crippen LogP contribution is -2.48. The van der Waals surface area contributed by atoms with Crippen molar-refractivity contribution in [1.82, 2.24) is 5.32 Å². The molecule has 1 aliphatic heterocycles. The van der Waals surface area contributed by atoms with Gasteiger partial charge in [0.05, 0.1) is 5.92 Å². The molecule has 1 saturated carbocycles. The number of fused-ring (bicyclic) bond motifs is 1. The maximum absolute atomic E-state index is 11.0. The summed E-state index contributed by atoms with van der Waals surface area (Å²) in [6, 6.07) is 0.489. The van der Waals surface area contributed by atoms with Gasteiger partial charge < -0.3 is 10.4 Å². The van der Waals surface area contributed by atoms with Gasteiger partial charge in [0, 0.05) is 6.04 Å². The predicted octanol–water partition coefficient (Wildman–Crippen LogP) is 1.24. The molecule has 3 nitrogen and oxygen atoms in total. The second kappa shape index (κ2) is 3.66. The van der Waals surface area contributed by atoms with Gasteiger partial charge in [-0.15, -0.1) is 0 Å². The minimum absolute atomic E-state index is 0.0773. The second-order valence-corrected chi connectivity index (χ2v) is 4.24. The van der Waals surface area contributed by atoms with Crippen molar-refractivity contribution in [2.45, 2.75) is 38.1 Å². The van der Waals surface area contributed by atoms with Crippen LogP contribution in [0.4, 0.5) is 0 Å². The Kier molecular flexibility index (Phi) is 2.54. The number of rotatable bonds is 1. The number of hydrogen-bond acceptors (Lipinski definition) is 2. The molecule has 0 radical (unpaired) electrons. The number of carboxylic acid groups (broad SMARTS) is 1. The molecule has 1 aliphatic carbocycles. The Morgan fingerprint density at radius 3 is 2.85 bits per heavy atom. The summed E-state index contributed by atoms with van der Waals surface area (Å²) < 4.78 is 0. The number of aliphatic carboxylic acids is 1. The average Bonchev–Trinajstić information content (AvgIpc) is 2.17. The first kappa shape index (κ1) is 9.00. The third kappa shape index (κ3) is 1.70. The molecule has 0 spiro atoms. The van der Waals surface area contributed by atoms with E-state index in [-0.39, 0.29) is 5.92 Å². The Morgan fingerprint density at radius 1 is 1.23 bits per heavy atom. The van der Waals surface area contributed by atoms with Gasteiger partial charge in [-0.1, -0.05) is 6.42 Å². The third-order valence-corrected chi connectivity index (χ3v) is 3.50. The Hall–Kier alpha value is -0.570. The van der Waals surface area contributed by atoms with E-state index in [1.54, 1.807) is 0 Å². The Morgan fingerprint density at radius 2 is 2.08 bits per heavy atom. The van der Waals surface area contributed by atoms with Crippen LogP contribution in [0.1, 0.15) is 32.1 Å². The zero-order chi connectivity index (χ0) is 9.26. The fourth-order valence-electron chi connectivity index (χ4n) is 2.85. The minimum Gasteiger partial charge on any atom is -0.481 e. The summed E-state index contributed by atoms with van der Waals surface area (Å²) in [5, 5.41) is 12.5. The Bertz CT molecular complexity index is 203. The van der Waals surface area contributed by atoms with E-state index in [0.717, 1.165) is 32.2 Å². The molecule has 0 aromatic rings. The SMILES string of the molecule is O=C(O)[C@@H]1CCCC2NCCCC21. The molecule has 3 atom stereocenters. The van der Waals surface area contributed by atoms with E-state index < -0.39 is 5.97 Å². The summed E-state index contributed by atoms with van der Waals surface area (Å²) in [7, 11) is 0. The highest BCUT2D eigenvalue weighted by Gasteiger charge is 2.38. The Labute approximate surface area is 78.5 Å². The van der Waals surface area contributed by atoms with Gasteiger partial charge in [0.1, 0.15) is 0 Å². The molecular formula is C10H17NO2. The number of hydrogen-bond donors (Lipinski definition) is 2. The van der Waals surface area contributed by atoms with Gasteiger partial charge in [-0.3, -0.25) is 4.79 Å². The zero-order valence-electron chi connectivity index (χ0n) is 7.83. The molecular weight excluding hydrogens is 166 g/mol. The first-order chi connectivity index (χ1) is 6.29. The van der Waals surface area contributed by atoms with E-state index in [0.29, 0.717) is 12.0 Å². The third-order valence-electron chi connectivity index (χ3n) is 3.50. The van der Waals surface area contributed by atoms with E-state index in [1.807, 2.05) is 0 Å². The Balaban J connectivity index is 2.06. The van der Waals surface area contributed by atoms with Gasteiger partial charge in [-0.2, -0.15) is 0 Å². The molecule has 0 aromatic heterocycles. The van der Waals surface area contributed by atoms with Crippen LogP contribution in [0, 0.1) is 11.8 Å². The number of carbonyl (C=O) groups is 1. The average molecular weight is 183 g/mol. The summed E-state index contributed by atoms with van der Waals surface area (Å²) in [5.74, 6) is -0.259. The molecule has 2 unspecified atom stereocenters. The molecule has 2 aliphatic rings. The van der Waals surface area contributed by atoms with Crippen LogP contribution in [0.2, 0.25) is 0 Å². The van der Waals surface area contributed by atoms with Crippen LogP contribution < -0.4 is 5.32 Å². The van der Waals surface area contributed by atoms with Crippen LogP contribution in [-0.2, 0) is 4.79 Å². The molecule has 1 heterocycles. The van der Waals surface area contributed by atoms with Crippen molar-refractivity contribution in [3.63, 3.8) is 0 Å². The lowest BCUT2D eigenvalue weighted by Gasteiger charge is -2.40. The van der Waals surface area contributed by atoms with Crippen LogP contribution in [0.5, 0.6) is 0 Å². The number of carboxylic acids is 1. The largest absolute Gasteiger partial charge is 0.481 e. The van der Waals surface area contributed by atoms with E-state index in [4.69, 9.17) is 5.11 Å². The minimum atomic E-state index is -0.585. The first-order valence-corrected chi connectivity index (χ1v) is 5.25. The molecule has 0 bridgehead atoms. The number of nitrogens with one attached hydrogen (secondary N) is 1. The van der Waals surface area contributed by atoms with Crippen molar-refractivity contribution in [2.75, 3.05) is 6.54 Å². The lowest BCUT2D eigenvalue weighted by atomic mass is 9.72. The van der Waals surface area contributed by atoms with Crippen molar-refractivity contribution < 1.29 is 9.90 Å². The molecule has 2 rings (SSSR count). The molecule has 2 N–H and O–H groups in total. The molecule has 0 amide bonds. The van der Waals surface area contributed by atoms with Gasteiger partial charge in [0.15, 0.2) is 0 Å². The molecule has 74 valence electrons. The maximum Gasteiger partial charge on any atom is 0.306 e. The van der Waals surface area contributed by atoms with Crippen molar-refractivity contribution in [2.24, 2.45) is 11.8 Å². The summed E-state index contributed by atoms with van der Waals surface area (Å²) in [4.78, 5) is 11.0. The van der Waals surface area contributed by atoms with Crippen LogP contribution in [0.3, 0.4) is 0 Å². The van der Waals surface area contributed by atoms with E-state index in [2.05, 4.69) is 5.32 Å². The quantitative estimate of drug-likeness (QED) is 0.643. The smallest absolute Gasteiger partial charge is 0.306 e. The highest BCUT2D eigenvalue weighted by atomic mass is 16.4. The van der Waals surface area contributed by atoms with Gasteiger partial charge in [0.2, 0.25) is 0 Å². The standard InChI is InChI=1S/C10H17NO2/c12-10(13)8-3-1-5-9-7(8)4-2-6-11-9/h7-9,11H,1-6H2,(H,12,13)/t7?,8-,9?/m1/s1. The molecule has 3 heteroatoms. The van der Waals surface area contributed by atoms with Crippen molar-refractivity contribution in [3.05, 3.63) is 0 Å². The first-order valence-electron chi connectivity index (χ1n) is 5.25. The molecule has 0 aromatic carbocycles. The van der Waals surface area contributed by atoms with Crippen LogP contribution in [0.25, 0.3) is 0 Å². The van der Waals surface area contributed by atoms with Gasteiger partial charge in [-0.25, -0.2) is 0 Å². The van der Waals surface area contributed by atoms with Crippen molar-refractivity contribution in [1.29, 1.82) is 0 Å². The fraction of sp³-hybridized carbons (Fsp3) is 0.900. The maximum atomic E-state index is 11.0. The van der Waals surface area contributed by atoms with Crippen molar-refractivity contribution >= 4 is 5.97 Å². The van der Waals surface area contributed by atoms with E-state index in [9.17, 15) is 4.79 Å². The summed E-state index contributed by atoms with van der Waals surface area (Å²) in [5.41, 5.74) is 0. The molecule has 1 saturated heterocycles. The monoisotopic (exact) mass is 183 g/mol. The van der Waals surface area contributed by atoms with Gasteiger partial charge >= 0.3 is 5.97 Å². The molecule has 13 heavy (non-hydrogen) atoms. The van der Waals surface area contributed by atoms with Crippen LogP contribution in [-0.4, -0.2) is 23.7 Å². The van der Waals surface area contributed by atoms with E-state index in [1.165, 1.54) is 6.42 Å². The van der Waals surface area contributed by atoms with Crippen LogP contribution >= 0.6 is 0 Å². The lowest BCUT2D eigenvalue weighted by molar-refractivity contribution is -0.146. The zero-order valence-corrected chi connectivity index (χ0v) is 7.83. The predicted molar refractivity (Wildman–Crippen MR) is 49.5 cm³/mol. The van der Waals surface area contributed by atoms with Crippen LogP contribution in [0.15, 0.2) is 0 Å². The summed E-state index contributed by atoms with van der Waals surface area (Å²) >= 11 is 0. The van der Waals surface area contributed by atoms with Crippen molar-refractivity contribution in [3.8, 4) is 0 Å². The topological polar surface area (TPSA) is 49.3 Å². The highest BCUT2D eigenvalue weighted by molar-refractivity contribution is 5.70. The highest BCUT2D eigenvalue weighted by Crippen LogP contribution is 2.35. The summed E-state index contributed by atoms with van der Waals surface area (Å²) in [6.45, 7) is 1.08.